The molecule has 0 unspecified atom stereocenters. The normalized spacial score (nSPS) is 13.6. The van der Waals surface area contributed by atoms with Crippen LogP contribution >= 0.6 is 0 Å². The fourth-order valence-corrected chi connectivity index (χ4v) is 5.65. The number of nitrogens with zero attached hydrogens (tertiary/aromatic N) is 2. The van der Waals surface area contributed by atoms with Crippen LogP contribution in [0.2, 0.25) is 0 Å². The van der Waals surface area contributed by atoms with E-state index in [1.54, 1.807) is 45.0 Å². The molecule has 4 aromatic rings. The molecule has 0 radical (unpaired) electrons. The lowest BCUT2D eigenvalue weighted by molar-refractivity contribution is -0.143. The fraction of sp³-hybridized carbons (Fsp3) is 0.306. The molecule has 46 heavy (non-hydrogen) atoms. The molecule has 1 aliphatic rings. The number of aromatic nitrogens is 2. The third-order valence-corrected chi connectivity index (χ3v) is 7.80. The number of imidazole rings is 1. The number of ether oxygens (including phenoxy) is 2. The Labute approximate surface area is 267 Å². The third-order valence-electron chi connectivity index (χ3n) is 7.80. The van der Waals surface area contributed by atoms with Crippen LogP contribution < -0.4 is 5.32 Å². The van der Waals surface area contributed by atoms with Crippen molar-refractivity contribution in [3.8, 4) is 11.1 Å². The molecule has 10 nitrogen and oxygen atoms in total. The number of alkyl carbamates (subject to hydrolysis) is 1. The lowest BCUT2D eigenvalue weighted by atomic mass is 9.91. The molecule has 0 spiro atoms. The molecule has 10 heteroatoms. The van der Waals surface area contributed by atoms with Crippen LogP contribution in [0.15, 0.2) is 91.4 Å². The summed E-state index contributed by atoms with van der Waals surface area (Å²) in [5, 5.41) is 12.6. The van der Waals surface area contributed by atoms with E-state index in [-0.39, 0.29) is 31.8 Å². The Morgan fingerprint density at radius 1 is 0.891 bits per heavy atom. The minimum Gasteiger partial charge on any atom is -0.481 e. The predicted molar refractivity (Wildman–Crippen MR) is 170 cm³/mol. The monoisotopic (exact) mass is 623 g/mol. The summed E-state index contributed by atoms with van der Waals surface area (Å²) in [5.74, 6) is -2.81. The van der Waals surface area contributed by atoms with Gasteiger partial charge in [-0.25, -0.2) is 19.1 Å². The molecule has 5 rings (SSSR count). The Kier molecular flexibility index (Phi) is 9.65. The molecule has 0 fully saturated rings. The van der Waals surface area contributed by atoms with Crippen molar-refractivity contribution in [1.82, 2.24) is 14.9 Å². The fourth-order valence-electron chi connectivity index (χ4n) is 5.65. The number of ketones is 1. The molecule has 0 aliphatic heterocycles. The first-order valence-electron chi connectivity index (χ1n) is 15.2. The van der Waals surface area contributed by atoms with E-state index in [0.29, 0.717) is 5.69 Å². The smallest absolute Gasteiger partial charge is 0.419 e. The zero-order chi connectivity index (χ0) is 32.8. The van der Waals surface area contributed by atoms with Crippen LogP contribution in [0.25, 0.3) is 11.1 Å². The minimum atomic E-state index is -1.16. The second kappa shape index (κ2) is 13.8. The molecular weight excluding hydrogens is 586 g/mol. The van der Waals surface area contributed by atoms with E-state index in [9.17, 15) is 24.3 Å². The predicted octanol–water partition coefficient (Wildman–Crippen LogP) is 6.02. The van der Waals surface area contributed by atoms with Gasteiger partial charge in [0.1, 0.15) is 18.5 Å². The molecule has 1 aromatic heterocycles. The van der Waals surface area contributed by atoms with Crippen LogP contribution in [0.1, 0.15) is 55.5 Å². The van der Waals surface area contributed by atoms with Gasteiger partial charge in [-0.3, -0.25) is 9.59 Å². The number of hydrogen-bond donors (Lipinski definition) is 2. The first kappa shape index (κ1) is 32.2. The molecule has 2 atom stereocenters. The summed E-state index contributed by atoms with van der Waals surface area (Å²) in [7, 11) is 0. The van der Waals surface area contributed by atoms with Gasteiger partial charge in [-0.2, -0.15) is 0 Å². The molecule has 2 N–H and O–H groups in total. The summed E-state index contributed by atoms with van der Waals surface area (Å²) >= 11 is 0. The van der Waals surface area contributed by atoms with Gasteiger partial charge in [-0.1, -0.05) is 78.9 Å². The maximum atomic E-state index is 13.6. The molecule has 1 heterocycles. The number of carbonyl (C=O) groups is 4. The number of carboxylic acids is 1. The van der Waals surface area contributed by atoms with Crippen LogP contribution in [0.5, 0.6) is 0 Å². The van der Waals surface area contributed by atoms with E-state index < -0.39 is 41.5 Å². The van der Waals surface area contributed by atoms with Crippen molar-refractivity contribution >= 4 is 23.9 Å². The summed E-state index contributed by atoms with van der Waals surface area (Å²) < 4.78 is 12.2. The lowest BCUT2D eigenvalue weighted by Gasteiger charge is -2.20. The number of hydrogen-bond acceptors (Lipinski definition) is 7. The Bertz CT molecular complexity index is 1680. The van der Waals surface area contributed by atoms with Gasteiger partial charge in [-0.05, 0) is 55.0 Å². The first-order chi connectivity index (χ1) is 22.0. The van der Waals surface area contributed by atoms with Crippen molar-refractivity contribution in [3.63, 3.8) is 0 Å². The lowest BCUT2D eigenvalue weighted by Crippen LogP contribution is -2.44. The quantitative estimate of drug-likeness (QED) is 0.207. The zero-order valence-electron chi connectivity index (χ0n) is 26.0. The van der Waals surface area contributed by atoms with E-state index in [1.807, 2.05) is 54.6 Å². The van der Waals surface area contributed by atoms with Crippen molar-refractivity contribution < 1.29 is 33.8 Å². The zero-order valence-corrected chi connectivity index (χ0v) is 26.0. The van der Waals surface area contributed by atoms with Gasteiger partial charge < -0.3 is 19.9 Å². The first-order valence-corrected chi connectivity index (χ1v) is 15.2. The summed E-state index contributed by atoms with van der Waals surface area (Å²) in [6, 6.07) is 23.8. The molecular formula is C36H37N3O7. The van der Waals surface area contributed by atoms with Gasteiger partial charge in [-0.15, -0.1) is 0 Å². The van der Waals surface area contributed by atoms with Gasteiger partial charge in [0.15, 0.2) is 5.78 Å². The summed E-state index contributed by atoms with van der Waals surface area (Å²) in [6.07, 6.45) is 0.962. The average molecular weight is 624 g/mol. The Balaban J connectivity index is 1.31. The molecule has 1 aliphatic carbocycles. The Morgan fingerprint density at radius 3 is 2.11 bits per heavy atom. The standard InChI is InChI=1S/C36H37N3O7/c1-36(2,3)46-35(44)39-20-25(37-22-39)19-31(32(40)18-24(33(41)42)17-23-11-5-4-6-12-23)38-34(43)45-21-30-28-15-9-7-13-26(28)27-14-8-10-16-29(27)30/h4-16,20,22,24,30-31H,17-19,21H2,1-3H3,(H,38,43)(H,41,42)/t24-,31+/m1/s1. The van der Waals surface area contributed by atoms with Crippen LogP contribution in [-0.4, -0.2) is 56.8 Å². The number of carbonyl (C=O) groups excluding carboxylic acids is 3. The topological polar surface area (TPSA) is 137 Å². The van der Waals surface area contributed by atoms with Gasteiger partial charge in [0, 0.05) is 25.0 Å². The SMILES string of the molecule is CC(C)(C)OC(=O)n1cnc(C[C@H](NC(=O)OCC2c3ccccc3-c3ccccc32)C(=O)C[C@@H](Cc2ccccc2)C(=O)O)c1. The number of fused-ring (bicyclic) bond motifs is 3. The van der Waals surface area contributed by atoms with E-state index in [2.05, 4.69) is 10.3 Å². The van der Waals surface area contributed by atoms with Crippen LogP contribution in [0, 0.1) is 5.92 Å². The van der Waals surface area contributed by atoms with Crippen molar-refractivity contribution in [2.45, 2.75) is 57.6 Å². The van der Waals surface area contributed by atoms with E-state index in [0.717, 1.165) is 32.4 Å². The number of nitrogens with one attached hydrogen (secondary N) is 1. The van der Waals surface area contributed by atoms with Crippen LogP contribution in [-0.2, 0) is 31.9 Å². The molecule has 0 bridgehead atoms. The number of Topliss-reactive ketones (excluding diaryl/α,β-unsaturated/α-hetero) is 1. The summed E-state index contributed by atoms with van der Waals surface area (Å²) in [5.41, 5.74) is 4.63. The largest absolute Gasteiger partial charge is 0.481 e. The highest BCUT2D eigenvalue weighted by molar-refractivity contribution is 5.90. The second-order valence-corrected chi connectivity index (χ2v) is 12.4. The number of rotatable bonds is 11. The maximum absolute atomic E-state index is 13.6. The highest BCUT2D eigenvalue weighted by Gasteiger charge is 2.32. The van der Waals surface area contributed by atoms with Gasteiger partial charge >= 0.3 is 18.2 Å². The summed E-state index contributed by atoms with van der Waals surface area (Å²) in [4.78, 5) is 55.8. The van der Waals surface area contributed by atoms with Gasteiger partial charge in [0.2, 0.25) is 0 Å². The van der Waals surface area contributed by atoms with E-state index in [4.69, 9.17) is 9.47 Å². The maximum Gasteiger partial charge on any atom is 0.419 e. The highest BCUT2D eigenvalue weighted by atomic mass is 16.6. The molecule has 0 saturated carbocycles. The van der Waals surface area contributed by atoms with E-state index in [1.165, 1.54) is 12.5 Å². The Hall–Kier alpha value is -5.25. The number of amides is 1. The van der Waals surface area contributed by atoms with Crippen LogP contribution in [0.3, 0.4) is 0 Å². The summed E-state index contributed by atoms with van der Waals surface area (Å²) in [6.45, 7) is 5.26. The number of aliphatic carboxylic acids is 1. The molecule has 0 saturated heterocycles. The number of benzene rings is 3. The number of carboxylic acid groups (broad SMARTS) is 1. The van der Waals surface area contributed by atoms with Crippen molar-refractivity contribution in [3.05, 3.63) is 114 Å². The molecule has 238 valence electrons. The van der Waals surface area contributed by atoms with Gasteiger partial charge in [0.25, 0.3) is 0 Å². The minimum absolute atomic E-state index is 0.0415. The Morgan fingerprint density at radius 2 is 1.50 bits per heavy atom. The van der Waals surface area contributed by atoms with Crippen molar-refractivity contribution in [1.29, 1.82) is 0 Å². The molecule has 1 amide bonds. The van der Waals surface area contributed by atoms with E-state index >= 15 is 0 Å². The van der Waals surface area contributed by atoms with Crippen molar-refractivity contribution in [2.75, 3.05) is 6.61 Å². The average Bonchev–Trinajstić information content (AvgIpc) is 3.62. The van der Waals surface area contributed by atoms with Crippen molar-refractivity contribution in [2.24, 2.45) is 5.92 Å². The van der Waals surface area contributed by atoms with Gasteiger partial charge in [0.05, 0.1) is 17.7 Å². The second-order valence-electron chi connectivity index (χ2n) is 12.4. The highest BCUT2D eigenvalue weighted by Crippen LogP contribution is 2.44. The van der Waals surface area contributed by atoms with Crippen LogP contribution in [0.4, 0.5) is 9.59 Å². The molecule has 3 aromatic carbocycles. The third kappa shape index (κ3) is 7.87.